The summed E-state index contributed by atoms with van der Waals surface area (Å²) in [6, 6.07) is 5.15. The van der Waals surface area contributed by atoms with Crippen LogP contribution in [0.4, 0.5) is 0 Å². The second-order valence-corrected chi connectivity index (χ2v) is 5.53. The van der Waals surface area contributed by atoms with Crippen molar-refractivity contribution in [2.75, 3.05) is 0 Å². The molecule has 2 rings (SSSR count). The topological polar surface area (TPSA) is 56.7 Å². The van der Waals surface area contributed by atoms with E-state index in [1.54, 1.807) is 23.9 Å². The maximum Gasteiger partial charge on any atom is 0.153 e. The molecule has 96 valence electrons. The number of hydrogen-bond donors (Lipinski definition) is 1. The molecule has 7 heteroatoms. The molecule has 0 amide bonds. The average molecular weight is 350 g/mol. The molecular formula is C11H11BrCl2N4. The van der Waals surface area contributed by atoms with E-state index in [1.165, 1.54) is 0 Å². The Bertz CT molecular complexity index is 551. The summed E-state index contributed by atoms with van der Waals surface area (Å²) in [5.74, 6) is 0. The minimum atomic E-state index is -0.238. The first kappa shape index (κ1) is 13.8. The van der Waals surface area contributed by atoms with Crippen LogP contribution in [0.3, 0.4) is 0 Å². The summed E-state index contributed by atoms with van der Waals surface area (Å²) in [5, 5.41) is 9.04. The van der Waals surface area contributed by atoms with Gasteiger partial charge in [-0.1, -0.05) is 34.5 Å². The first-order valence-electron chi connectivity index (χ1n) is 5.23. The zero-order valence-electron chi connectivity index (χ0n) is 9.57. The Kier molecular flexibility index (Phi) is 4.27. The average Bonchev–Trinajstić information content (AvgIpc) is 2.62. The number of aryl methyl sites for hydroxylation is 1. The Morgan fingerprint density at radius 2 is 2.17 bits per heavy atom. The van der Waals surface area contributed by atoms with Gasteiger partial charge in [-0.25, -0.2) is 4.68 Å². The Labute approximate surface area is 123 Å². The quantitative estimate of drug-likeness (QED) is 0.926. The number of nitrogens with zero attached hydrogens (tertiary/aromatic N) is 3. The van der Waals surface area contributed by atoms with E-state index in [0.29, 0.717) is 21.1 Å². The molecule has 1 aromatic carbocycles. The van der Waals surface area contributed by atoms with Crippen LogP contribution in [0.5, 0.6) is 0 Å². The number of nitrogens with two attached hydrogens (primary N) is 1. The molecule has 0 saturated carbocycles. The first-order chi connectivity index (χ1) is 8.49. The second-order valence-electron chi connectivity index (χ2n) is 3.94. The third kappa shape index (κ3) is 2.85. The molecule has 2 N–H and O–H groups in total. The highest BCUT2D eigenvalue weighted by atomic mass is 79.9. The molecule has 4 nitrogen and oxygen atoms in total. The van der Waals surface area contributed by atoms with Gasteiger partial charge in [0, 0.05) is 17.1 Å². The van der Waals surface area contributed by atoms with E-state index in [2.05, 4.69) is 26.2 Å². The minimum absolute atomic E-state index is 0.238. The summed E-state index contributed by atoms with van der Waals surface area (Å²) in [6.07, 6.45) is 0.593. The molecule has 1 heterocycles. The normalized spacial score (nSPS) is 12.7. The van der Waals surface area contributed by atoms with Gasteiger partial charge in [0.1, 0.15) is 0 Å². The van der Waals surface area contributed by atoms with Crippen LogP contribution in [0.15, 0.2) is 22.8 Å². The number of halogens is 3. The summed E-state index contributed by atoms with van der Waals surface area (Å²) in [7, 11) is 1.80. The molecule has 0 aliphatic carbocycles. The summed E-state index contributed by atoms with van der Waals surface area (Å²) in [6.45, 7) is 0. The fraction of sp³-hybridized carbons (Fsp3) is 0.273. The summed E-state index contributed by atoms with van der Waals surface area (Å²) in [5.41, 5.74) is 7.94. The Hall–Kier alpha value is -0.620. The molecule has 18 heavy (non-hydrogen) atoms. The maximum atomic E-state index is 6.16. The Balaban J connectivity index is 2.24. The molecule has 0 radical (unpaired) electrons. The van der Waals surface area contributed by atoms with Crippen LogP contribution in [0, 0.1) is 0 Å². The summed E-state index contributed by atoms with van der Waals surface area (Å²) < 4.78 is 2.31. The number of benzene rings is 1. The highest BCUT2D eigenvalue weighted by Crippen LogP contribution is 2.27. The predicted octanol–water partition coefficient (Wildman–Crippen LogP) is 3.13. The van der Waals surface area contributed by atoms with Crippen molar-refractivity contribution in [1.82, 2.24) is 15.0 Å². The van der Waals surface area contributed by atoms with Crippen molar-refractivity contribution in [3.05, 3.63) is 44.1 Å². The van der Waals surface area contributed by atoms with Crippen molar-refractivity contribution >= 4 is 39.1 Å². The highest BCUT2D eigenvalue weighted by molar-refractivity contribution is 9.10. The van der Waals surface area contributed by atoms with Crippen LogP contribution < -0.4 is 5.73 Å². The molecule has 0 fully saturated rings. The lowest BCUT2D eigenvalue weighted by atomic mass is 10.0. The van der Waals surface area contributed by atoms with Crippen molar-refractivity contribution < 1.29 is 0 Å². The van der Waals surface area contributed by atoms with Crippen LogP contribution in [0.2, 0.25) is 10.0 Å². The molecule has 0 aliphatic heterocycles. The maximum absolute atomic E-state index is 6.16. The lowest BCUT2D eigenvalue weighted by Gasteiger charge is -2.13. The number of rotatable bonds is 3. The third-order valence-corrected chi connectivity index (χ3v) is 3.78. The van der Waals surface area contributed by atoms with Gasteiger partial charge in [-0.3, -0.25) is 0 Å². The molecule has 0 saturated heterocycles. The lowest BCUT2D eigenvalue weighted by Crippen LogP contribution is -2.17. The Morgan fingerprint density at radius 3 is 2.72 bits per heavy atom. The zero-order chi connectivity index (χ0) is 13.3. The van der Waals surface area contributed by atoms with Gasteiger partial charge in [0.2, 0.25) is 0 Å². The number of hydrogen-bond acceptors (Lipinski definition) is 3. The van der Waals surface area contributed by atoms with Gasteiger partial charge in [-0.2, -0.15) is 0 Å². The number of aromatic nitrogens is 3. The molecular weight excluding hydrogens is 339 g/mol. The van der Waals surface area contributed by atoms with Crippen molar-refractivity contribution in [3.63, 3.8) is 0 Å². The fourth-order valence-electron chi connectivity index (χ4n) is 1.75. The van der Waals surface area contributed by atoms with Crippen molar-refractivity contribution in [3.8, 4) is 0 Å². The van der Waals surface area contributed by atoms with Crippen LogP contribution in [0.1, 0.15) is 17.3 Å². The summed E-state index contributed by atoms with van der Waals surface area (Å²) >= 11 is 15.3. The highest BCUT2D eigenvalue weighted by Gasteiger charge is 2.17. The van der Waals surface area contributed by atoms with Crippen LogP contribution >= 0.6 is 39.1 Å². The van der Waals surface area contributed by atoms with E-state index >= 15 is 0 Å². The molecule has 0 spiro atoms. The third-order valence-electron chi connectivity index (χ3n) is 2.63. The predicted molar refractivity (Wildman–Crippen MR) is 75.8 cm³/mol. The van der Waals surface area contributed by atoms with Gasteiger partial charge in [-0.05, 0) is 40.0 Å². The molecule has 1 unspecified atom stereocenters. The largest absolute Gasteiger partial charge is 0.322 e. The van der Waals surface area contributed by atoms with E-state index in [1.807, 2.05) is 6.07 Å². The van der Waals surface area contributed by atoms with Gasteiger partial charge in [0.25, 0.3) is 0 Å². The lowest BCUT2D eigenvalue weighted by molar-refractivity contribution is 0.606. The van der Waals surface area contributed by atoms with Gasteiger partial charge >= 0.3 is 0 Å². The molecule has 2 aromatic rings. The van der Waals surface area contributed by atoms with Crippen molar-refractivity contribution in [1.29, 1.82) is 0 Å². The fourth-order valence-corrected chi connectivity index (χ4v) is 2.86. The second kappa shape index (κ2) is 5.57. The molecule has 1 aromatic heterocycles. The smallest absolute Gasteiger partial charge is 0.153 e. The van der Waals surface area contributed by atoms with E-state index < -0.39 is 0 Å². The molecule has 0 bridgehead atoms. The zero-order valence-corrected chi connectivity index (χ0v) is 12.7. The standard InChI is InChI=1S/C11H11BrCl2N4/c1-18-10(11(12)16-17-18)9(15)4-6-2-3-7(13)5-8(6)14/h2-3,5,9H,4,15H2,1H3. The van der Waals surface area contributed by atoms with Gasteiger partial charge in [0.15, 0.2) is 4.60 Å². The van der Waals surface area contributed by atoms with Crippen molar-refractivity contribution in [2.24, 2.45) is 12.8 Å². The van der Waals surface area contributed by atoms with Gasteiger partial charge < -0.3 is 5.73 Å². The van der Waals surface area contributed by atoms with Gasteiger partial charge in [-0.15, -0.1) is 5.10 Å². The minimum Gasteiger partial charge on any atom is -0.322 e. The monoisotopic (exact) mass is 348 g/mol. The van der Waals surface area contributed by atoms with Crippen LogP contribution in [-0.2, 0) is 13.5 Å². The van der Waals surface area contributed by atoms with E-state index in [0.717, 1.165) is 11.3 Å². The SMILES string of the molecule is Cn1nnc(Br)c1C(N)Cc1ccc(Cl)cc1Cl. The first-order valence-corrected chi connectivity index (χ1v) is 6.78. The summed E-state index contributed by atoms with van der Waals surface area (Å²) in [4.78, 5) is 0. The van der Waals surface area contributed by atoms with E-state index in [9.17, 15) is 0 Å². The Morgan fingerprint density at radius 1 is 1.44 bits per heavy atom. The van der Waals surface area contributed by atoms with Crippen molar-refractivity contribution in [2.45, 2.75) is 12.5 Å². The van der Waals surface area contributed by atoms with Crippen LogP contribution in [-0.4, -0.2) is 15.0 Å². The van der Waals surface area contributed by atoms with E-state index in [4.69, 9.17) is 28.9 Å². The molecule has 1 atom stereocenters. The van der Waals surface area contributed by atoms with Crippen LogP contribution in [0.25, 0.3) is 0 Å². The molecule has 0 aliphatic rings. The van der Waals surface area contributed by atoms with Gasteiger partial charge in [0.05, 0.1) is 11.7 Å². The van der Waals surface area contributed by atoms with E-state index in [-0.39, 0.29) is 6.04 Å².